The zero-order chi connectivity index (χ0) is 18.3. The molecule has 3 heterocycles. The van der Waals surface area contributed by atoms with Crippen LogP contribution in [0.4, 0.5) is 0 Å². The minimum atomic E-state index is -3.60. The van der Waals surface area contributed by atoms with Crippen molar-refractivity contribution in [1.82, 2.24) is 24.6 Å². The Balaban J connectivity index is 1.57. The highest BCUT2D eigenvalue weighted by Crippen LogP contribution is 2.26. The largest absolute Gasteiger partial charge is 0.356 e. The van der Waals surface area contributed by atoms with E-state index in [-0.39, 0.29) is 17.7 Å². The molecular weight excluding hydrogens is 354 g/mol. The lowest BCUT2D eigenvalue weighted by Crippen LogP contribution is -2.34. The number of nitrogens with one attached hydrogen (secondary N) is 1. The van der Waals surface area contributed by atoms with E-state index >= 15 is 0 Å². The van der Waals surface area contributed by atoms with Gasteiger partial charge in [0.1, 0.15) is 17.3 Å². The Hall–Kier alpha value is -2.26. The van der Waals surface area contributed by atoms with Crippen molar-refractivity contribution in [3.8, 4) is 0 Å². The summed E-state index contributed by atoms with van der Waals surface area (Å²) in [5.41, 5.74) is 0.991. The molecule has 0 bridgehead atoms. The van der Waals surface area contributed by atoms with Crippen molar-refractivity contribution in [1.29, 1.82) is 0 Å². The van der Waals surface area contributed by atoms with Gasteiger partial charge in [0.15, 0.2) is 11.4 Å². The number of rotatable bonds is 5. The summed E-state index contributed by atoms with van der Waals surface area (Å²) in [6.45, 7) is 4.81. The lowest BCUT2D eigenvalue weighted by molar-refractivity contribution is 0.399. The molecule has 0 amide bonds. The summed E-state index contributed by atoms with van der Waals surface area (Å²) >= 11 is 0. The summed E-state index contributed by atoms with van der Waals surface area (Å²) in [7, 11) is -3.60. The highest BCUT2D eigenvalue weighted by atomic mass is 32.2. The first-order chi connectivity index (χ1) is 12.4. The Bertz CT molecular complexity index is 1040. The molecule has 3 aromatic rings. The van der Waals surface area contributed by atoms with Crippen molar-refractivity contribution in [2.75, 3.05) is 0 Å². The van der Waals surface area contributed by atoms with Crippen LogP contribution in [-0.4, -0.2) is 28.3 Å². The topological polar surface area (TPSA) is 103 Å². The zero-order valence-corrected chi connectivity index (χ0v) is 15.5. The fraction of sp³-hybridized carbons (Fsp3) is 0.471. The molecule has 9 heteroatoms. The number of aromatic nitrogens is 4. The van der Waals surface area contributed by atoms with Gasteiger partial charge >= 0.3 is 0 Å². The van der Waals surface area contributed by atoms with Gasteiger partial charge in [-0.2, -0.15) is 5.10 Å². The highest BCUT2D eigenvalue weighted by Gasteiger charge is 2.29. The second-order valence-electron chi connectivity index (χ2n) is 6.90. The Labute approximate surface area is 151 Å². The van der Waals surface area contributed by atoms with Crippen molar-refractivity contribution in [3.05, 3.63) is 41.6 Å². The summed E-state index contributed by atoms with van der Waals surface area (Å²) in [6, 6.07) is 6.86. The standard InChI is InChI=1S/C17H21N5O3S/c1-11(2)16-18-17-13(7-5-9-22(17)19-16)21-26(23,24)10-14-12-6-3-4-8-15(12)25-20-14/h3-4,6,8,11,13,21H,5,7,9-10H2,1-2H3/t13-/m0/s1. The second kappa shape index (κ2) is 6.48. The third-order valence-electron chi connectivity index (χ3n) is 4.51. The van der Waals surface area contributed by atoms with Crippen LogP contribution in [-0.2, 0) is 22.3 Å². The summed E-state index contributed by atoms with van der Waals surface area (Å²) in [4.78, 5) is 4.55. The number of sulfonamides is 1. The minimum absolute atomic E-state index is 0.201. The van der Waals surface area contributed by atoms with Gasteiger partial charge in [0, 0.05) is 17.8 Å². The van der Waals surface area contributed by atoms with Crippen molar-refractivity contribution >= 4 is 21.0 Å². The molecule has 0 fully saturated rings. The van der Waals surface area contributed by atoms with Gasteiger partial charge in [-0.05, 0) is 25.0 Å². The van der Waals surface area contributed by atoms with E-state index in [1.807, 2.05) is 36.7 Å². The Morgan fingerprint density at radius 3 is 2.96 bits per heavy atom. The molecular formula is C17H21N5O3S. The van der Waals surface area contributed by atoms with E-state index < -0.39 is 10.0 Å². The van der Waals surface area contributed by atoms with E-state index in [0.29, 0.717) is 28.9 Å². The third-order valence-corrected chi connectivity index (χ3v) is 5.81. The van der Waals surface area contributed by atoms with Gasteiger partial charge in [-0.1, -0.05) is 31.1 Å². The number of aryl methyl sites for hydroxylation is 1. The van der Waals surface area contributed by atoms with E-state index in [9.17, 15) is 8.42 Å². The van der Waals surface area contributed by atoms with E-state index in [4.69, 9.17) is 4.52 Å². The van der Waals surface area contributed by atoms with Gasteiger partial charge in [-0.3, -0.25) is 0 Å². The first kappa shape index (κ1) is 17.2. The molecule has 1 aliphatic heterocycles. The Morgan fingerprint density at radius 1 is 1.35 bits per heavy atom. The minimum Gasteiger partial charge on any atom is -0.356 e. The number of nitrogens with zero attached hydrogens (tertiary/aromatic N) is 4. The molecule has 4 rings (SSSR count). The fourth-order valence-electron chi connectivity index (χ4n) is 3.21. The van der Waals surface area contributed by atoms with Crippen LogP contribution >= 0.6 is 0 Å². The average Bonchev–Trinajstić information content (AvgIpc) is 3.20. The summed E-state index contributed by atoms with van der Waals surface area (Å²) in [6.07, 6.45) is 1.56. The van der Waals surface area contributed by atoms with Crippen molar-refractivity contribution in [3.63, 3.8) is 0 Å². The van der Waals surface area contributed by atoms with Crippen LogP contribution in [0.5, 0.6) is 0 Å². The number of hydrogen-bond donors (Lipinski definition) is 1. The van der Waals surface area contributed by atoms with Crippen molar-refractivity contribution < 1.29 is 12.9 Å². The number of fused-ring (bicyclic) bond motifs is 2. The second-order valence-corrected chi connectivity index (χ2v) is 8.66. The molecule has 0 spiro atoms. The van der Waals surface area contributed by atoms with E-state index in [0.717, 1.165) is 18.8 Å². The van der Waals surface area contributed by atoms with Gasteiger partial charge in [-0.15, -0.1) is 0 Å². The van der Waals surface area contributed by atoms with Crippen molar-refractivity contribution in [2.24, 2.45) is 0 Å². The van der Waals surface area contributed by atoms with E-state index in [1.165, 1.54) is 0 Å². The average molecular weight is 375 g/mol. The van der Waals surface area contributed by atoms with Crippen LogP contribution in [0.15, 0.2) is 28.8 Å². The summed E-state index contributed by atoms with van der Waals surface area (Å²) in [5, 5.41) is 9.12. The first-order valence-corrected chi connectivity index (χ1v) is 10.4. The summed E-state index contributed by atoms with van der Waals surface area (Å²) in [5.74, 6) is 1.40. The van der Waals surface area contributed by atoms with Gasteiger partial charge in [0.2, 0.25) is 10.0 Å². The van der Waals surface area contributed by atoms with Gasteiger partial charge in [-0.25, -0.2) is 22.8 Å². The molecule has 0 radical (unpaired) electrons. The molecule has 0 aliphatic carbocycles. The number of hydrogen-bond acceptors (Lipinski definition) is 6. The maximum Gasteiger partial charge on any atom is 0.218 e. The van der Waals surface area contributed by atoms with Gasteiger partial charge in [0.05, 0.1) is 6.04 Å². The first-order valence-electron chi connectivity index (χ1n) is 8.71. The molecule has 2 aromatic heterocycles. The summed E-state index contributed by atoms with van der Waals surface area (Å²) < 4.78 is 35.2. The van der Waals surface area contributed by atoms with E-state index in [1.54, 1.807) is 6.07 Å². The quantitative estimate of drug-likeness (QED) is 0.735. The maximum absolute atomic E-state index is 12.7. The molecule has 1 atom stereocenters. The lowest BCUT2D eigenvalue weighted by Gasteiger charge is -2.22. The lowest BCUT2D eigenvalue weighted by atomic mass is 10.1. The fourth-order valence-corrected chi connectivity index (χ4v) is 4.51. The zero-order valence-electron chi connectivity index (χ0n) is 14.7. The van der Waals surface area contributed by atoms with Crippen LogP contribution in [0, 0.1) is 0 Å². The Kier molecular flexibility index (Phi) is 4.28. The monoisotopic (exact) mass is 375 g/mol. The van der Waals surface area contributed by atoms with Crippen LogP contribution in [0.3, 0.4) is 0 Å². The number of para-hydroxylation sites is 1. The van der Waals surface area contributed by atoms with Crippen LogP contribution in [0.25, 0.3) is 11.0 Å². The smallest absolute Gasteiger partial charge is 0.218 e. The Morgan fingerprint density at radius 2 is 2.15 bits per heavy atom. The molecule has 1 aromatic carbocycles. The van der Waals surface area contributed by atoms with Crippen LogP contribution < -0.4 is 4.72 Å². The SMILES string of the molecule is CC(C)c1nc2n(n1)CCC[C@@H]2NS(=O)(=O)Cc1noc2ccccc12. The van der Waals surface area contributed by atoms with Crippen molar-refractivity contribution in [2.45, 2.75) is 50.9 Å². The molecule has 1 aliphatic rings. The molecule has 8 nitrogen and oxygen atoms in total. The van der Waals surface area contributed by atoms with Crippen LogP contribution in [0.1, 0.15) is 56.0 Å². The highest BCUT2D eigenvalue weighted by molar-refractivity contribution is 7.88. The van der Waals surface area contributed by atoms with E-state index in [2.05, 4.69) is 20.0 Å². The normalized spacial score (nSPS) is 17.7. The molecule has 1 N–H and O–H groups in total. The maximum atomic E-state index is 12.7. The molecule has 26 heavy (non-hydrogen) atoms. The third kappa shape index (κ3) is 3.24. The number of benzene rings is 1. The van der Waals surface area contributed by atoms with Gasteiger partial charge in [0.25, 0.3) is 0 Å². The predicted molar refractivity (Wildman–Crippen MR) is 95.9 cm³/mol. The van der Waals surface area contributed by atoms with Gasteiger partial charge < -0.3 is 4.52 Å². The predicted octanol–water partition coefficient (Wildman–Crippen LogP) is 2.50. The molecule has 0 saturated heterocycles. The molecule has 0 unspecified atom stereocenters. The molecule has 0 saturated carbocycles. The van der Waals surface area contributed by atoms with Crippen LogP contribution in [0.2, 0.25) is 0 Å². The molecule has 138 valence electrons.